The van der Waals surface area contributed by atoms with Gasteiger partial charge >= 0.3 is 0 Å². The first kappa shape index (κ1) is 25.3. The summed E-state index contributed by atoms with van der Waals surface area (Å²) in [6.45, 7) is 7.25. The van der Waals surface area contributed by atoms with E-state index >= 15 is 0 Å². The van der Waals surface area contributed by atoms with Crippen LogP contribution >= 0.6 is 15.9 Å². The summed E-state index contributed by atoms with van der Waals surface area (Å²) in [5.41, 5.74) is 4.97. The van der Waals surface area contributed by atoms with E-state index in [4.69, 9.17) is 0 Å². The number of quaternary nitrogens is 1. The zero-order valence-corrected chi connectivity index (χ0v) is 22.9. The highest BCUT2D eigenvalue weighted by Gasteiger charge is 2.36. The summed E-state index contributed by atoms with van der Waals surface area (Å²) in [5, 5.41) is 28.6. The van der Waals surface area contributed by atoms with E-state index < -0.39 is 4.65 Å². The van der Waals surface area contributed by atoms with Gasteiger partial charge in [0.15, 0.2) is 6.67 Å². The van der Waals surface area contributed by atoms with Crippen molar-refractivity contribution in [3.05, 3.63) is 82.1 Å². The number of unbranched alkanes of at least 4 members (excludes halogenated alkanes) is 1. The molecule has 1 aliphatic rings. The number of tetrazole rings is 1. The lowest BCUT2D eigenvalue weighted by molar-refractivity contribution is 0.273. The summed E-state index contributed by atoms with van der Waals surface area (Å²) in [4.78, 5) is 6.85. The average molecular weight is 564 g/mol. The van der Waals surface area contributed by atoms with Crippen LogP contribution in [0.25, 0.3) is 22.5 Å². The molecule has 37 heavy (non-hydrogen) atoms. The maximum Gasteiger partial charge on any atom is 0.229 e. The fraction of sp³-hybridized carbons (Fsp3) is 0.333. The minimum atomic E-state index is -0.517. The van der Waals surface area contributed by atoms with Crippen molar-refractivity contribution in [3.63, 3.8) is 0 Å². The molecule has 0 fully saturated rings. The predicted octanol–water partition coefficient (Wildman–Crippen LogP) is 6.38. The van der Waals surface area contributed by atoms with Crippen LogP contribution in [0, 0.1) is 5.21 Å². The van der Waals surface area contributed by atoms with Crippen molar-refractivity contribution >= 4 is 21.7 Å². The first-order valence-corrected chi connectivity index (χ1v) is 13.4. The summed E-state index contributed by atoms with van der Waals surface area (Å²) in [6.07, 6.45) is 8.67. The molecule has 9 nitrogen and oxygen atoms in total. The van der Waals surface area contributed by atoms with Gasteiger partial charge in [0.25, 0.3) is 0 Å². The topological polar surface area (TPSA) is 98.6 Å². The zero-order valence-electron chi connectivity index (χ0n) is 21.3. The quantitative estimate of drug-likeness (QED) is 0.187. The largest absolute Gasteiger partial charge is 0.620 e. The van der Waals surface area contributed by atoms with E-state index in [9.17, 15) is 5.21 Å². The Morgan fingerprint density at radius 1 is 1.14 bits per heavy atom. The number of nitrogens with one attached hydrogen (secondary N) is 1. The van der Waals surface area contributed by atoms with Crippen molar-refractivity contribution in [1.29, 1.82) is 0 Å². The number of benzene rings is 1. The van der Waals surface area contributed by atoms with Gasteiger partial charge in [-0.25, -0.2) is 0 Å². The minimum absolute atomic E-state index is 0.188. The van der Waals surface area contributed by atoms with Gasteiger partial charge in [-0.3, -0.25) is 9.63 Å². The Morgan fingerprint density at radius 2 is 1.95 bits per heavy atom. The van der Waals surface area contributed by atoms with E-state index in [1.54, 1.807) is 0 Å². The number of pyridine rings is 1. The molecule has 0 saturated carbocycles. The maximum absolute atomic E-state index is 14.3. The Labute approximate surface area is 225 Å². The fourth-order valence-electron chi connectivity index (χ4n) is 4.84. The second-order valence-corrected chi connectivity index (χ2v) is 10.6. The molecule has 0 spiro atoms. The van der Waals surface area contributed by atoms with Crippen LogP contribution in [0.3, 0.4) is 0 Å². The van der Waals surface area contributed by atoms with Gasteiger partial charge in [-0.2, -0.15) is 5.21 Å². The van der Waals surface area contributed by atoms with Crippen LogP contribution in [-0.2, 0) is 6.54 Å². The Morgan fingerprint density at radius 3 is 2.70 bits per heavy atom. The van der Waals surface area contributed by atoms with Gasteiger partial charge in [-0.15, -0.1) is 10.2 Å². The van der Waals surface area contributed by atoms with Gasteiger partial charge in [0.2, 0.25) is 11.6 Å². The minimum Gasteiger partial charge on any atom is -0.620 e. The SMILES string of the molecule is CCCCC1=C[N+]([O-])(c2c(Br)ccn2C(C)C)CN1Cc1cc(-c2cccc(-c3nn[nH]n3)c2)ccn1. The number of hydrogen-bond acceptors (Lipinski definition) is 6. The van der Waals surface area contributed by atoms with Gasteiger partial charge < -0.3 is 14.7 Å². The van der Waals surface area contributed by atoms with E-state index in [1.807, 2.05) is 48.9 Å². The Hall–Kier alpha value is -3.34. The van der Waals surface area contributed by atoms with Crippen molar-refractivity contribution in [3.8, 4) is 22.5 Å². The highest BCUT2D eigenvalue weighted by atomic mass is 79.9. The molecule has 0 saturated heterocycles. The van der Waals surface area contributed by atoms with E-state index in [-0.39, 0.29) is 6.04 Å². The summed E-state index contributed by atoms with van der Waals surface area (Å²) in [7, 11) is 0. The molecule has 1 unspecified atom stereocenters. The second-order valence-electron chi connectivity index (χ2n) is 9.70. The summed E-state index contributed by atoms with van der Waals surface area (Å²) < 4.78 is 2.38. The number of aromatic nitrogens is 6. The number of nitrogens with zero attached hydrogens (tertiary/aromatic N) is 7. The Balaban J connectivity index is 1.43. The van der Waals surface area contributed by atoms with Crippen LogP contribution in [-0.4, -0.2) is 41.7 Å². The molecule has 10 heteroatoms. The number of hydroxylamine groups is 2. The lowest BCUT2D eigenvalue weighted by atomic mass is 10.0. The Kier molecular flexibility index (Phi) is 7.23. The molecule has 0 amide bonds. The third kappa shape index (κ3) is 5.22. The molecule has 1 N–H and O–H groups in total. The van der Waals surface area contributed by atoms with Gasteiger partial charge in [-0.1, -0.05) is 31.5 Å². The summed E-state index contributed by atoms with van der Waals surface area (Å²) in [6, 6.07) is 14.3. The normalized spacial score (nSPS) is 17.6. The maximum atomic E-state index is 14.3. The molecule has 0 bridgehead atoms. The molecule has 192 valence electrons. The lowest BCUT2D eigenvalue weighted by Gasteiger charge is -2.37. The average Bonchev–Trinajstić information content (AvgIpc) is 3.63. The second kappa shape index (κ2) is 10.6. The molecular formula is C27H31BrN8O. The van der Waals surface area contributed by atoms with E-state index in [1.165, 1.54) is 0 Å². The van der Waals surface area contributed by atoms with Gasteiger partial charge in [0.1, 0.15) is 6.20 Å². The third-order valence-corrected chi connectivity index (χ3v) is 7.27. The van der Waals surface area contributed by atoms with Crippen LogP contribution in [0.1, 0.15) is 51.8 Å². The first-order chi connectivity index (χ1) is 17.9. The highest BCUT2D eigenvalue weighted by Crippen LogP contribution is 2.40. The van der Waals surface area contributed by atoms with Crippen LogP contribution in [0.5, 0.6) is 0 Å². The number of halogens is 1. The van der Waals surface area contributed by atoms with E-state index in [2.05, 4.69) is 83.9 Å². The van der Waals surface area contributed by atoms with Crippen LogP contribution in [0.4, 0.5) is 5.82 Å². The standard InChI is InChI=1S/C27H31BrN8O/c1-4-5-9-24-17-36(37,27-25(28)11-13-35(27)19(2)3)18-34(24)16-23-15-21(10-12-29-23)20-7-6-8-22(14-20)26-30-32-33-31-26/h6-8,10-15,17,19H,4-5,9,16,18H2,1-3H3,(H,30,31,32,33). The molecule has 0 radical (unpaired) electrons. The molecule has 4 heterocycles. The molecule has 4 aromatic rings. The van der Waals surface area contributed by atoms with Crippen LogP contribution < -0.4 is 4.65 Å². The van der Waals surface area contributed by atoms with Crippen molar-refractivity contribution in [2.75, 3.05) is 6.67 Å². The van der Waals surface area contributed by atoms with Crippen molar-refractivity contribution in [1.82, 2.24) is 39.7 Å². The van der Waals surface area contributed by atoms with Gasteiger partial charge in [0.05, 0.1) is 22.4 Å². The third-order valence-electron chi connectivity index (χ3n) is 6.65. The fourth-order valence-corrected chi connectivity index (χ4v) is 5.46. The number of rotatable bonds is 9. The summed E-state index contributed by atoms with van der Waals surface area (Å²) in [5.74, 6) is 1.28. The first-order valence-electron chi connectivity index (χ1n) is 12.6. The Bertz CT molecular complexity index is 1400. The number of aromatic amines is 1. The lowest BCUT2D eigenvalue weighted by Crippen LogP contribution is -2.42. The molecular weight excluding hydrogens is 532 g/mol. The van der Waals surface area contributed by atoms with Crippen molar-refractivity contribution < 1.29 is 0 Å². The zero-order chi connectivity index (χ0) is 26.0. The smallest absolute Gasteiger partial charge is 0.229 e. The molecule has 1 atom stereocenters. The van der Waals surface area contributed by atoms with E-state index in [0.717, 1.165) is 57.6 Å². The number of H-pyrrole nitrogens is 1. The van der Waals surface area contributed by atoms with E-state index in [0.29, 0.717) is 19.0 Å². The molecule has 0 aliphatic carbocycles. The summed E-state index contributed by atoms with van der Waals surface area (Å²) >= 11 is 3.63. The molecule has 1 aliphatic heterocycles. The highest BCUT2D eigenvalue weighted by molar-refractivity contribution is 9.10. The van der Waals surface area contributed by atoms with Crippen LogP contribution in [0.15, 0.2) is 71.2 Å². The van der Waals surface area contributed by atoms with Gasteiger partial charge in [-0.05, 0) is 83.2 Å². The van der Waals surface area contributed by atoms with Gasteiger partial charge in [0, 0.05) is 24.0 Å². The molecule has 1 aromatic carbocycles. The van der Waals surface area contributed by atoms with Crippen LogP contribution in [0.2, 0.25) is 0 Å². The van der Waals surface area contributed by atoms with Crippen molar-refractivity contribution in [2.45, 2.75) is 52.6 Å². The molecule has 3 aromatic heterocycles. The monoisotopic (exact) mass is 562 g/mol. The number of hydrogen-bond donors (Lipinski definition) is 1. The molecule has 5 rings (SSSR count). The predicted molar refractivity (Wildman–Crippen MR) is 149 cm³/mol. The number of allylic oxidation sites excluding steroid dienone is 1. The van der Waals surface area contributed by atoms with Crippen molar-refractivity contribution in [2.24, 2.45) is 0 Å².